The molecule has 0 aromatic rings. The minimum Gasteiger partial charge on any atom is -0.354 e. The monoisotopic (exact) mass is 256 g/mol. The second-order valence-electron chi connectivity index (χ2n) is 7.10. The summed E-state index contributed by atoms with van der Waals surface area (Å²) in [7, 11) is 0. The van der Waals surface area contributed by atoms with Gasteiger partial charge in [-0.3, -0.25) is 9.59 Å². The Hall–Kier alpha value is -1.06. The largest absolute Gasteiger partial charge is 0.354 e. The van der Waals surface area contributed by atoms with Crippen molar-refractivity contribution in [2.75, 3.05) is 6.54 Å². The van der Waals surface area contributed by atoms with Gasteiger partial charge in [-0.15, -0.1) is 0 Å². The summed E-state index contributed by atoms with van der Waals surface area (Å²) in [4.78, 5) is 22.7. The fourth-order valence-corrected chi connectivity index (χ4v) is 1.45. The highest BCUT2D eigenvalue weighted by Crippen LogP contribution is 2.25. The average molecular weight is 256 g/mol. The SMILES string of the molecule is CC(CNC(=O)C(NC=O)C(C)(C)C)C(C)(C)C. The molecule has 2 N–H and O–H groups in total. The molecule has 0 aromatic heterocycles. The second-order valence-corrected chi connectivity index (χ2v) is 7.10. The second kappa shape index (κ2) is 6.21. The van der Waals surface area contributed by atoms with E-state index in [1.807, 2.05) is 20.8 Å². The van der Waals surface area contributed by atoms with E-state index in [2.05, 4.69) is 38.3 Å². The third-order valence-corrected chi connectivity index (χ3v) is 3.42. The van der Waals surface area contributed by atoms with E-state index in [-0.39, 0.29) is 16.7 Å². The van der Waals surface area contributed by atoms with Crippen LogP contribution in [0, 0.1) is 16.7 Å². The molecule has 4 heteroatoms. The van der Waals surface area contributed by atoms with E-state index in [4.69, 9.17) is 0 Å². The third kappa shape index (κ3) is 5.52. The average Bonchev–Trinajstić information content (AvgIpc) is 2.18. The lowest BCUT2D eigenvalue weighted by molar-refractivity contribution is -0.128. The van der Waals surface area contributed by atoms with Gasteiger partial charge < -0.3 is 10.6 Å². The normalized spacial score (nSPS) is 15.7. The maximum Gasteiger partial charge on any atom is 0.243 e. The number of amides is 2. The number of nitrogens with one attached hydrogen (secondary N) is 2. The Kier molecular flexibility index (Phi) is 5.84. The molecule has 18 heavy (non-hydrogen) atoms. The molecule has 0 spiro atoms. The first-order chi connectivity index (χ1) is 8.00. The maximum absolute atomic E-state index is 12.1. The molecule has 0 radical (unpaired) electrons. The van der Waals surface area contributed by atoms with Gasteiger partial charge in [0.15, 0.2) is 0 Å². The van der Waals surface area contributed by atoms with Crippen molar-refractivity contribution in [1.82, 2.24) is 10.6 Å². The van der Waals surface area contributed by atoms with Crippen LogP contribution in [0.1, 0.15) is 48.5 Å². The third-order valence-electron chi connectivity index (χ3n) is 3.42. The Labute approximate surface area is 111 Å². The van der Waals surface area contributed by atoms with Gasteiger partial charge in [0.1, 0.15) is 6.04 Å². The van der Waals surface area contributed by atoms with Crippen LogP contribution < -0.4 is 10.6 Å². The van der Waals surface area contributed by atoms with Gasteiger partial charge in [-0.05, 0) is 16.7 Å². The highest BCUT2D eigenvalue weighted by Gasteiger charge is 2.31. The van der Waals surface area contributed by atoms with Crippen molar-refractivity contribution < 1.29 is 9.59 Å². The maximum atomic E-state index is 12.1. The molecule has 0 saturated carbocycles. The first-order valence-corrected chi connectivity index (χ1v) is 6.47. The van der Waals surface area contributed by atoms with Crippen molar-refractivity contribution in [2.24, 2.45) is 16.7 Å². The molecule has 4 nitrogen and oxygen atoms in total. The van der Waals surface area contributed by atoms with Crippen LogP contribution in [-0.4, -0.2) is 24.9 Å². The Balaban J connectivity index is 4.50. The fraction of sp³-hybridized carbons (Fsp3) is 0.857. The Morgan fingerprint density at radius 3 is 1.94 bits per heavy atom. The van der Waals surface area contributed by atoms with E-state index in [0.29, 0.717) is 18.9 Å². The molecule has 2 amide bonds. The zero-order valence-electron chi connectivity index (χ0n) is 12.8. The predicted molar refractivity (Wildman–Crippen MR) is 74.1 cm³/mol. The summed E-state index contributed by atoms with van der Waals surface area (Å²) < 4.78 is 0. The molecule has 0 aromatic carbocycles. The number of hydrogen-bond donors (Lipinski definition) is 2. The molecule has 0 aliphatic rings. The molecule has 2 atom stereocenters. The van der Waals surface area contributed by atoms with Gasteiger partial charge in [-0.2, -0.15) is 0 Å². The highest BCUT2D eigenvalue weighted by molar-refractivity contribution is 5.84. The summed E-state index contributed by atoms with van der Waals surface area (Å²) in [5, 5.41) is 5.51. The van der Waals surface area contributed by atoms with Gasteiger partial charge in [0.25, 0.3) is 0 Å². The zero-order valence-corrected chi connectivity index (χ0v) is 12.8. The minimum absolute atomic E-state index is 0.120. The number of hydrogen-bond acceptors (Lipinski definition) is 2. The standard InChI is InChI=1S/C14H28N2O2/c1-10(13(2,3)4)8-15-12(18)11(16-9-17)14(5,6)7/h9-11H,8H2,1-7H3,(H,15,18)(H,16,17). The van der Waals surface area contributed by atoms with Crippen molar-refractivity contribution >= 4 is 12.3 Å². The predicted octanol–water partition coefficient (Wildman–Crippen LogP) is 1.95. The summed E-state index contributed by atoms with van der Waals surface area (Å²) in [5.41, 5.74) is -0.140. The van der Waals surface area contributed by atoms with Crippen molar-refractivity contribution in [2.45, 2.75) is 54.5 Å². The minimum atomic E-state index is -0.498. The molecule has 0 saturated heterocycles. The van der Waals surface area contributed by atoms with Crippen molar-refractivity contribution in [3.05, 3.63) is 0 Å². The van der Waals surface area contributed by atoms with Crippen LogP contribution in [0.15, 0.2) is 0 Å². The lowest BCUT2D eigenvalue weighted by Crippen LogP contribution is -2.52. The summed E-state index contributed by atoms with van der Waals surface area (Å²) in [6, 6.07) is -0.498. The van der Waals surface area contributed by atoms with Crippen LogP contribution in [0.25, 0.3) is 0 Å². The molecule has 0 rings (SSSR count). The van der Waals surface area contributed by atoms with Gasteiger partial charge in [0.2, 0.25) is 12.3 Å². The number of carbonyl (C=O) groups excluding carboxylic acids is 2. The van der Waals surface area contributed by atoms with Crippen molar-refractivity contribution in [3.8, 4) is 0 Å². The summed E-state index contributed by atoms with van der Waals surface area (Å²) in [6.07, 6.45) is 0.586. The first-order valence-electron chi connectivity index (χ1n) is 6.47. The zero-order chi connectivity index (χ0) is 14.6. The Bertz CT molecular complexity index is 287. The highest BCUT2D eigenvalue weighted by atomic mass is 16.2. The lowest BCUT2D eigenvalue weighted by atomic mass is 9.81. The quantitative estimate of drug-likeness (QED) is 0.739. The molecule has 0 aliphatic carbocycles. The summed E-state index contributed by atoms with van der Waals surface area (Å²) in [5.74, 6) is 0.254. The molecule has 0 bridgehead atoms. The van der Waals surface area contributed by atoms with E-state index in [9.17, 15) is 9.59 Å². The molecule has 0 heterocycles. The lowest BCUT2D eigenvalue weighted by Gasteiger charge is -2.31. The van der Waals surface area contributed by atoms with E-state index in [1.54, 1.807) is 0 Å². The molecule has 0 fully saturated rings. The molecular weight excluding hydrogens is 228 g/mol. The molecule has 2 unspecified atom stereocenters. The van der Waals surface area contributed by atoms with E-state index >= 15 is 0 Å². The van der Waals surface area contributed by atoms with Gasteiger partial charge in [-0.25, -0.2) is 0 Å². The topological polar surface area (TPSA) is 58.2 Å². The van der Waals surface area contributed by atoms with Gasteiger partial charge in [0.05, 0.1) is 0 Å². The van der Waals surface area contributed by atoms with Gasteiger partial charge in [0, 0.05) is 6.54 Å². The molecular formula is C14H28N2O2. The summed E-state index contributed by atoms with van der Waals surface area (Å²) in [6.45, 7) is 15.0. The van der Waals surface area contributed by atoms with E-state index in [1.165, 1.54) is 0 Å². The van der Waals surface area contributed by atoms with E-state index < -0.39 is 6.04 Å². The molecule has 0 aliphatic heterocycles. The fourth-order valence-electron chi connectivity index (χ4n) is 1.45. The van der Waals surface area contributed by atoms with Crippen LogP contribution in [0.3, 0.4) is 0 Å². The van der Waals surface area contributed by atoms with Gasteiger partial charge >= 0.3 is 0 Å². The van der Waals surface area contributed by atoms with Crippen LogP contribution >= 0.6 is 0 Å². The van der Waals surface area contributed by atoms with Crippen LogP contribution in [0.4, 0.5) is 0 Å². The number of carbonyl (C=O) groups is 2. The van der Waals surface area contributed by atoms with Crippen LogP contribution in [0.5, 0.6) is 0 Å². The smallest absolute Gasteiger partial charge is 0.243 e. The first kappa shape index (κ1) is 16.9. The van der Waals surface area contributed by atoms with Gasteiger partial charge in [-0.1, -0.05) is 48.5 Å². The van der Waals surface area contributed by atoms with Crippen molar-refractivity contribution in [3.63, 3.8) is 0 Å². The Morgan fingerprint density at radius 1 is 1.11 bits per heavy atom. The van der Waals surface area contributed by atoms with Crippen molar-refractivity contribution in [1.29, 1.82) is 0 Å². The van der Waals surface area contributed by atoms with Crippen LogP contribution in [0.2, 0.25) is 0 Å². The number of rotatable bonds is 5. The molecule has 106 valence electrons. The Morgan fingerprint density at radius 2 is 1.61 bits per heavy atom. The van der Waals surface area contributed by atoms with E-state index in [0.717, 1.165) is 0 Å². The summed E-state index contributed by atoms with van der Waals surface area (Å²) >= 11 is 0. The van der Waals surface area contributed by atoms with Crippen LogP contribution in [-0.2, 0) is 9.59 Å².